The second-order valence-corrected chi connectivity index (χ2v) is 5.75. The largest absolute Gasteiger partial charge is 0.319 e. The molecule has 0 saturated carbocycles. The predicted octanol–water partition coefficient (Wildman–Crippen LogP) is 4.75. The van der Waals surface area contributed by atoms with Gasteiger partial charge in [-0.2, -0.15) is 11.3 Å². The number of aryl methyl sites for hydroxylation is 1. The molecule has 0 saturated heterocycles. The minimum Gasteiger partial charge on any atom is -0.319 e. The summed E-state index contributed by atoms with van der Waals surface area (Å²) < 4.78 is 2.26. The van der Waals surface area contributed by atoms with Crippen LogP contribution in [0.3, 0.4) is 0 Å². The van der Waals surface area contributed by atoms with Gasteiger partial charge in [-0.25, -0.2) is 4.98 Å². The quantitative estimate of drug-likeness (QED) is 0.636. The van der Waals surface area contributed by atoms with E-state index in [1.54, 1.807) is 11.3 Å². The number of rotatable bonds is 3. The molecule has 0 aliphatic rings. The van der Waals surface area contributed by atoms with Gasteiger partial charge in [0.1, 0.15) is 5.82 Å². The number of aromatic nitrogens is 2. The van der Waals surface area contributed by atoms with Crippen molar-refractivity contribution in [2.45, 2.75) is 25.8 Å². The Morgan fingerprint density at radius 1 is 1.37 bits per heavy atom. The summed E-state index contributed by atoms with van der Waals surface area (Å²) in [5.74, 6) is 1.37. The molecule has 0 aliphatic heterocycles. The Morgan fingerprint density at radius 2 is 2.21 bits per heavy atom. The molecule has 0 fully saturated rings. The molecule has 2 nitrogen and oxygen atoms in total. The highest BCUT2D eigenvalue weighted by molar-refractivity contribution is 7.07. The van der Waals surface area contributed by atoms with E-state index in [9.17, 15) is 0 Å². The zero-order chi connectivity index (χ0) is 13.4. The summed E-state index contributed by atoms with van der Waals surface area (Å²) in [7, 11) is 0. The Balaban J connectivity index is 2.26. The van der Waals surface area contributed by atoms with E-state index in [0.717, 1.165) is 11.3 Å². The van der Waals surface area contributed by atoms with Gasteiger partial charge in [0.05, 0.1) is 23.0 Å². The molecule has 3 rings (SSSR count). The second kappa shape index (κ2) is 4.99. The first kappa shape index (κ1) is 12.7. The van der Waals surface area contributed by atoms with Gasteiger partial charge in [0.25, 0.3) is 0 Å². The third kappa shape index (κ3) is 2.07. The topological polar surface area (TPSA) is 17.8 Å². The van der Waals surface area contributed by atoms with Gasteiger partial charge >= 0.3 is 0 Å². The summed E-state index contributed by atoms with van der Waals surface area (Å²) in [6.07, 6.45) is 0. The summed E-state index contributed by atoms with van der Waals surface area (Å²) in [4.78, 5) is 4.66. The Labute approximate surface area is 121 Å². The molecule has 3 aromatic rings. The summed E-state index contributed by atoms with van der Waals surface area (Å²) in [6, 6.07) is 8.64. The molecule has 1 unspecified atom stereocenters. The number of benzene rings is 1. The highest BCUT2D eigenvalue weighted by Crippen LogP contribution is 2.29. The fourth-order valence-electron chi connectivity index (χ4n) is 2.54. The molecule has 0 radical (unpaired) electrons. The Morgan fingerprint density at radius 3 is 2.89 bits per heavy atom. The molecule has 1 aromatic carbocycles. The van der Waals surface area contributed by atoms with E-state index in [1.807, 2.05) is 6.07 Å². The van der Waals surface area contributed by atoms with E-state index in [-0.39, 0.29) is 6.04 Å². The van der Waals surface area contributed by atoms with Crippen molar-refractivity contribution in [1.82, 2.24) is 9.55 Å². The van der Waals surface area contributed by atoms with Gasteiger partial charge in [0, 0.05) is 0 Å². The van der Waals surface area contributed by atoms with Gasteiger partial charge in [-0.1, -0.05) is 12.1 Å². The van der Waals surface area contributed by atoms with Crippen molar-refractivity contribution in [2.24, 2.45) is 0 Å². The fourth-order valence-corrected chi connectivity index (χ4v) is 3.48. The van der Waals surface area contributed by atoms with Gasteiger partial charge in [-0.05, 0) is 47.9 Å². The van der Waals surface area contributed by atoms with Crippen LogP contribution in [0.25, 0.3) is 11.0 Å². The summed E-state index contributed by atoms with van der Waals surface area (Å²) in [5, 5.41) is 4.30. The minimum atomic E-state index is 0.256. The molecule has 4 heteroatoms. The standard InChI is InChI=1S/C15H15ClN2S/c1-10-4-3-5-13-15(10)18(14(8-16)17-13)11(2)12-6-7-19-9-12/h3-7,9,11H,8H2,1-2H3. The molecule has 0 N–H and O–H groups in total. The molecule has 0 bridgehead atoms. The number of thiophene rings is 1. The van der Waals surface area contributed by atoms with Crippen LogP contribution in [-0.2, 0) is 5.88 Å². The Bertz CT molecular complexity index is 700. The number of nitrogens with zero attached hydrogens (tertiary/aromatic N) is 2. The van der Waals surface area contributed by atoms with E-state index in [4.69, 9.17) is 11.6 Å². The monoisotopic (exact) mass is 290 g/mol. The van der Waals surface area contributed by atoms with E-state index in [1.165, 1.54) is 16.6 Å². The third-order valence-electron chi connectivity index (χ3n) is 3.52. The first-order chi connectivity index (χ1) is 9.22. The Kier molecular flexibility index (Phi) is 3.33. The van der Waals surface area contributed by atoms with Crippen molar-refractivity contribution >= 4 is 34.0 Å². The van der Waals surface area contributed by atoms with E-state index >= 15 is 0 Å². The molecule has 2 aromatic heterocycles. The fraction of sp³-hybridized carbons (Fsp3) is 0.267. The molecule has 2 heterocycles. The van der Waals surface area contributed by atoms with E-state index in [2.05, 4.69) is 52.4 Å². The third-order valence-corrected chi connectivity index (χ3v) is 4.46. The highest BCUT2D eigenvalue weighted by Gasteiger charge is 2.18. The van der Waals surface area contributed by atoms with Crippen molar-refractivity contribution in [3.05, 3.63) is 52.0 Å². The van der Waals surface area contributed by atoms with Gasteiger partial charge in [0.2, 0.25) is 0 Å². The molecular formula is C15H15ClN2S. The highest BCUT2D eigenvalue weighted by atomic mass is 35.5. The number of fused-ring (bicyclic) bond motifs is 1. The van der Waals surface area contributed by atoms with Gasteiger partial charge < -0.3 is 4.57 Å². The van der Waals surface area contributed by atoms with Crippen LogP contribution in [0.5, 0.6) is 0 Å². The SMILES string of the molecule is Cc1cccc2nc(CCl)n(C(C)c3ccsc3)c12. The number of para-hydroxylation sites is 1. The molecule has 0 aliphatic carbocycles. The summed E-state index contributed by atoms with van der Waals surface area (Å²) in [5.41, 5.74) is 4.76. The van der Waals surface area contributed by atoms with Gasteiger partial charge in [-0.15, -0.1) is 11.6 Å². The lowest BCUT2D eigenvalue weighted by atomic mass is 10.1. The van der Waals surface area contributed by atoms with Crippen molar-refractivity contribution in [2.75, 3.05) is 0 Å². The molecule has 19 heavy (non-hydrogen) atoms. The summed E-state index contributed by atoms with van der Waals surface area (Å²) >= 11 is 7.80. The van der Waals surface area contributed by atoms with Crippen LogP contribution in [0.2, 0.25) is 0 Å². The zero-order valence-electron chi connectivity index (χ0n) is 10.9. The summed E-state index contributed by atoms with van der Waals surface area (Å²) in [6.45, 7) is 4.32. The second-order valence-electron chi connectivity index (χ2n) is 4.71. The first-order valence-corrected chi connectivity index (χ1v) is 7.74. The van der Waals surface area contributed by atoms with E-state index in [0.29, 0.717) is 5.88 Å². The average molecular weight is 291 g/mol. The van der Waals surface area contributed by atoms with Crippen LogP contribution in [-0.4, -0.2) is 9.55 Å². The molecule has 98 valence electrons. The average Bonchev–Trinajstić information content (AvgIpc) is 3.05. The number of alkyl halides is 1. The minimum absolute atomic E-state index is 0.256. The van der Waals surface area contributed by atoms with Crippen molar-refractivity contribution in [3.63, 3.8) is 0 Å². The molecule has 1 atom stereocenters. The maximum atomic E-state index is 6.08. The lowest BCUT2D eigenvalue weighted by molar-refractivity contribution is 0.635. The first-order valence-electron chi connectivity index (χ1n) is 6.27. The van der Waals surface area contributed by atoms with Crippen LogP contribution in [0, 0.1) is 6.92 Å². The maximum Gasteiger partial charge on any atom is 0.125 e. The lowest BCUT2D eigenvalue weighted by Gasteiger charge is -2.17. The number of halogens is 1. The van der Waals surface area contributed by atoms with Crippen molar-refractivity contribution in [1.29, 1.82) is 0 Å². The number of hydrogen-bond donors (Lipinski definition) is 0. The zero-order valence-corrected chi connectivity index (χ0v) is 12.5. The van der Waals surface area contributed by atoms with Crippen LogP contribution >= 0.6 is 22.9 Å². The number of hydrogen-bond acceptors (Lipinski definition) is 2. The molecular weight excluding hydrogens is 276 g/mol. The lowest BCUT2D eigenvalue weighted by Crippen LogP contribution is -2.09. The van der Waals surface area contributed by atoms with Crippen LogP contribution in [0.15, 0.2) is 35.0 Å². The van der Waals surface area contributed by atoms with E-state index < -0.39 is 0 Å². The Hall–Kier alpha value is -1.32. The predicted molar refractivity (Wildman–Crippen MR) is 82.2 cm³/mol. The number of imidazole rings is 1. The van der Waals surface area contributed by atoms with Gasteiger partial charge in [-0.3, -0.25) is 0 Å². The maximum absolute atomic E-state index is 6.08. The van der Waals surface area contributed by atoms with Crippen LogP contribution in [0.4, 0.5) is 0 Å². The van der Waals surface area contributed by atoms with Crippen LogP contribution in [0.1, 0.15) is 29.9 Å². The molecule has 0 spiro atoms. The normalized spacial score (nSPS) is 13.0. The van der Waals surface area contributed by atoms with Gasteiger partial charge in [0.15, 0.2) is 0 Å². The van der Waals surface area contributed by atoms with Crippen molar-refractivity contribution < 1.29 is 0 Å². The van der Waals surface area contributed by atoms with Crippen LogP contribution < -0.4 is 0 Å². The smallest absolute Gasteiger partial charge is 0.125 e. The molecule has 0 amide bonds. The van der Waals surface area contributed by atoms with Crippen molar-refractivity contribution in [3.8, 4) is 0 Å².